The summed E-state index contributed by atoms with van der Waals surface area (Å²) in [6.45, 7) is 5.47. The van der Waals surface area contributed by atoms with Gasteiger partial charge in [-0.1, -0.05) is 30.7 Å². The number of fused-ring (bicyclic) bond motifs is 1. The van der Waals surface area contributed by atoms with Gasteiger partial charge in [-0.3, -0.25) is 18.7 Å². The molecule has 3 aromatic rings. The number of aromatic nitrogens is 3. The summed E-state index contributed by atoms with van der Waals surface area (Å²) in [5.41, 5.74) is -0.332. The number of morpholine rings is 1. The Balaban J connectivity index is 1.16. The molecule has 3 fully saturated rings. The third kappa shape index (κ3) is 5.17. The van der Waals surface area contributed by atoms with Crippen molar-refractivity contribution < 1.29 is 23.4 Å². The van der Waals surface area contributed by atoms with Gasteiger partial charge < -0.3 is 20.1 Å². The minimum atomic E-state index is -2.51. The zero-order valence-electron chi connectivity index (χ0n) is 23.0. The molecule has 0 unspecified atom stereocenters. The van der Waals surface area contributed by atoms with Crippen LogP contribution in [0.1, 0.15) is 44.7 Å². The second-order valence-corrected chi connectivity index (χ2v) is 12.4. The zero-order chi connectivity index (χ0) is 29.1. The number of carbonyl (C=O) groups excluding carboxylic acids is 1. The molecule has 2 aromatic heterocycles. The van der Waals surface area contributed by atoms with E-state index in [1.165, 1.54) is 10.9 Å². The van der Waals surface area contributed by atoms with Crippen LogP contribution in [0.2, 0.25) is 5.15 Å². The lowest BCUT2D eigenvalue weighted by molar-refractivity contribution is -0.142. The van der Waals surface area contributed by atoms with E-state index in [4.69, 9.17) is 16.3 Å². The fourth-order valence-corrected chi connectivity index (χ4v) is 6.46. The van der Waals surface area contributed by atoms with Gasteiger partial charge in [-0.25, -0.2) is 13.8 Å². The highest BCUT2D eigenvalue weighted by Gasteiger charge is 2.61. The molecule has 0 bridgehead atoms. The predicted octanol–water partition coefficient (Wildman–Crippen LogP) is 3.53. The van der Waals surface area contributed by atoms with Gasteiger partial charge in [-0.2, -0.15) is 0 Å². The molecule has 4 atom stereocenters. The molecule has 1 aromatic carbocycles. The Kier molecular flexibility index (Phi) is 7.20. The van der Waals surface area contributed by atoms with Crippen molar-refractivity contribution in [2.75, 3.05) is 26.2 Å². The molecule has 0 spiro atoms. The summed E-state index contributed by atoms with van der Waals surface area (Å²) in [7, 11) is 0. The molecule has 1 saturated carbocycles. The highest BCUT2D eigenvalue weighted by atomic mass is 35.5. The number of likely N-dealkylation sites (tertiary alicyclic amines) is 1. The average Bonchev–Trinajstić information content (AvgIpc) is 3.55. The number of ether oxygens (including phenoxy) is 1. The zero-order valence-corrected chi connectivity index (χ0v) is 23.8. The van der Waals surface area contributed by atoms with Crippen LogP contribution in [0.15, 0.2) is 41.5 Å². The molecule has 0 radical (unpaired) electrons. The molecule has 1 aliphatic carbocycles. The Morgan fingerprint density at radius 3 is 2.59 bits per heavy atom. The molecule has 12 heteroatoms. The monoisotopic (exact) mass is 589 g/mol. The van der Waals surface area contributed by atoms with E-state index in [0.717, 1.165) is 17.8 Å². The summed E-state index contributed by atoms with van der Waals surface area (Å²) in [6, 6.07) is 9.53. The maximum absolute atomic E-state index is 13.4. The maximum Gasteiger partial charge on any atom is 0.262 e. The minimum Gasteiger partial charge on any atom is -0.388 e. The summed E-state index contributed by atoms with van der Waals surface area (Å²) in [5, 5.41) is 15.4. The molecule has 2 N–H and O–H groups in total. The fraction of sp³-hybridized carbons (Fsp3) is 0.552. The lowest BCUT2D eigenvalue weighted by Crippen LogP contribution is -2.51. The Morgan fingerprint density at radius 2 is 1.98 bits per heavy atom. The van der Waals surface area contributed by atoms with Crippen molar-refractivity contribution in [2.24, 2.45) is 11.3 Å². The Hall–Kier alpha value is -2.86. The molecule has 41 heavy (non-hydrogen) atoms. The molecule has 220 valence electrons. The average molecular weight is 590 g/mol. The van der Waals surface area contributed by atoms with Crippen LogP contribution < -0.4 is 10.9 Å². The number of piperidine rings is 1. The predicted molar refractivity (Wildman–Crippen MR) is 149 cm³/mol. The van der Waals surface area contributed by atoms with Crippen LogP contribution in [0.3, 0.4) is 0 Å². The lowest BCUT2D eigenvalue weighted by atomic mass is 9.90. The van der Waals surface area contributed by atoms with Gasteiger partial charge in [0.2, 0.25) is 12.3 Å². The molecule has 9 nitrogen and oxygen atoms in total. The Morgan fingerprint density at radius 1 is 1.27 bits per heavy atom. The second-order valence-electron chi connectivity index (χ2n) is 12.0. The van der Waals surface area contributed by atoms with Gasteiger partial charge in [0.25, 0.3) is 5.56 Å². The van der Waals surface area contributed by atoms with Crippen molar-refractivity contribution in [3.05, 3.63) is 57.7 Å². The largest absolute Gasteiger partial charge is 0.388 e. The van der Waals surface area contributed by atoms with Gasteiger partial charge in [0.15, 0.2) is 5.65 Å². The first-order chi connectivity index (χ1) is 19.5. The number of hydrogen-bond acceptors (Lipinski definition) is 6. The number of amides is 1. The van der Waals surface area contributed by atoms with Crippen LogP contribution in [0, 0.1) is 11.3 Å². The summed E-state index contributed by atoms with van der Waals surface area (Å²) in [4.78, 5) is 32.4. The quantitative estimate of drug-likeness (QED) is 0.456. The van der Waals surface area contributed by atoms with E-state index in [1.54, 1.807) is 22.5 Å². The number of alkyl halides is 2. The highest BCUT2D eigenvalue weighted by Crippen LogP contribution is 2.56. The summed E-state index contributed by atoms with van der Waals surface area (Å²) < 4.78 is 35.1. The summed E-state index contributed by atoms with van der Waals surface area (Å²) >= 11 is 6.58. The third-order valence-corrected chi connectivity index (χ3v) is 9.31. The molecule has 1 amide bonds. The highest BCUT2D eigenvalue weighted by molar-refractivity contribution is 6.31. The van der Waals surface area contributed by atoms with E-state index in [1.807, 2.05) is 31.2 Å². The molecular weight excluding hydrogens is 556 g/mol. The molecular formula is C29H34ClF2N5O4. The fourth-order valence-electron chi connectivity index (χ4n) is 6.17. The lowest BCUT2D eigenvalue weighted by Gasteiger charge is -2.39. The minimum absolute atomic E-state index is 0.000301. The van der Waals surface area contributed by atoms with E-state index in [-0.39, 0.29) is 62.5 Å². The first-order valence-electron chi connectivity index (χ1n) is 14.0. The van der Waals surface area contributed by atoms with Crippen molar-refractivity contribution in [3.8, 4) is 5.69 Å². The summed E-state index contributed by atoms with van der Waals surface area (Å²) in [6.07, 6.45) is -0.282. The maximum atomic E-state index is 13.4. The van der Waals surface area contributed by atoms with Gasteiger partial charge in [-0.05, 0) is 49.9 Å². The standard InChI is InChI=1S/C29H34ClF2N5O4/c1-17-13-33-22(14-41-17)18-3-5-19(6-4-18)37-23(30)11-20-25(37)34-16-36(26(20)38)15-29(40)7-9-35(10-8-29)27(39)28(2)12-21(28)24(31)32/h3-6,11,16-17,21-22,24,33,40H,7-10,12-15H2,1-2H3/t17-,21-,22-,28+/m0/s1. The number of hydrogen-bond donors (Lipinski definition) is 2. The molecule has 2 aliphatic heterocycles. The number of rotatable bonds is 6. The third-order valence-electron chi connectivity index (χ3n) is 9.03. The van der Waals surface area contributed by atoms with Crippen molar-refractivity contribution >= 4 is 28.5 Å². The first-order valence-corrected chi connectivity index (χ1v) is 14.4. The normalized spacial score (nSPS) is 27.9. The number of carbonyl (C=O) groups is 1. The molecule has 4 heterocycles. The van der Waals surface area contributed by atoms with Crippen molar-refractivity contribution in [1.82, 2.24) is 24.3 Å². The Labute approximate surface area is 241 Å². The number of halogens is 3. The van der Waals surface area contributed by atoms with E-state index in [9.17, 15) is 23.5 Å². The van der Waals surface area contributed by atoms with Crippen LogP contribution in [-0.2, 0) is 16.1 Å². The van der Waals surface area contributed by atoms with Crippen LogP contribution in [0.5, 0.6) is 0 Å². The van der Waals surface area contributed by atoms with E-state index in [2.05, 4.69) is 10.3 Å². The number of nitrogens with zero attached hydrogens (tertiary/aromatic N) is 4. The smallest absolute Gasteiger partial charge is 0.262 e. The molecule has 2 saturated heterocycles. The van der Waals surface area contributed by atoms with E-state index < -0.39 is 23.4 Å². The van der Waals surface area contributed by atoms with E-state index in [0.29, 0.717) is 22.8 Å². The molecule has 6 rings (SSSR count). The number of aliphatic hydroxyl groups is 1. The topological polar surface area (TPSA) is 102 Å². The van der Waals surface area contributed by atoms with Crippen LogP contribution in [0.4, 0.5) is 8.78 Å². The van der Waals surface area contributed by atoms with Crippen molar-refractivity contribution in [1.29, 1.82) is 0 Å². The number of nitrogens with one attached hydrogen (secondary N) is 1. The van der Waals surface area contributed by atoms with Gasteiger partial charge in [-0.15, -0.1) is 0 Å². The first kappa shape index (κ1) is 28.3. The second kappa shape index (κ2) is 10.4. The van der Waals surface area contributed by atoms with Crippen LogP contribution in [0.25, 0.3) is 16.7 Å². The van der Waals surface area contributed by atoms with Gasteiger partial charge in [0.05, 0.1) is 41.7 Å². The van der Waals surface area contributed by atoms with E-state index >= 15 is 0 Å². The van der Waals surface area contributed by atoms with Crippen molar-refractivity contribution in [3.63, 3.8) is 0 Å². The van der Waals surface area contributed by atoms with Crippen LogP contribution >= 0.6 is 11.6 Å². The van der Waals surface area contributed by atoms with Gasteiger partial charge in [0, 0.05) is 31.2 Å². The van der Waals surface area contributed by atoms with Gasteiger partial charge in [0.1, 0.15) is 11.5 Å². The number of benzene rings is 1. The Bertz CT molecular complexity index is 1510. The van der Waals surface area contributed by atoms with Gasteiger partial charge >= 0.3 is 0 Å². The molecule has 3 aliphatic rings. The van der Waals surface area contributed by atoms with Crippen LogP contribution in [-0.4, -0.2) is 74.4 Å². The van der Waals surface area contributed by atoms with Crippen molar-refractivity contribution in [2.45, 2.75) is 63.8 Å². The SMILES string of the molecule is C[C@H]1CN[C@H](c2ccc(-n3c(Cl)cc4c(=O)n(CC5(O)CCN(C(=O)[C@]6(C)C[C@H]6C(F)F)CC5)cnc43)cc2)CO1. The summed E-state index contributed by atoms with van der Waals surface area (Å²) in [5.74, 6) is -1.19.